The van der Waals surface area contributed by atoms with Crippen LogP contribution in [0.3, 0.4) is 0 Å². The first-order valence-electron chi connectivity index (χ1n) is 9.79. The Morgan fingerprint density at radius 3 is 2.40 bits per heavy atom. The van der Waals surface area contributed by atoms with Crippen LogP contribution in [0.15, 0.2) is 34.0 Å². The molecule has 0 bridgehead atoms. The first-order valence-corrected chi connectivity index (χ1v) is 10.2. The highest BCUT2D eigenvalue weighted by atomic mass is 35.5. The van der Waals surface area contributed by atoms with Crippen LogP contribution < -0.4 is 16.1 Å². The van der Waals surface area contributed by atoms with E-state index in [0.29, 0.717) is 30.9 Å². The second-order valence-electron chi connectivity index (χ2n) is 7.46. The lowest BCUT2D eigenvalue weighted by molar-refractivity contribution is -0.137. The third kappa shape index (κ3) is 5.46. The maximum atomic E-state index is 13.1. The van der Waals surface area contributed by atoms with Gasteiger partial charge in [0.1, 0.15) is 0 Å². The predicted molar refractivity (Wildman–Crippen MR) is 110 cm³/mol. The number of anilines is 1. The van der Waals surface area contributed by atoms with E-state index in [2.05, 4.69) is 9.88 Å². The van der Waals surface area contributed by atoms with Gasteiger partial charge < -0.3 is 9.47 Å². The van der Waals surface area contributed by atoms with E-state index < -0.39 is 17.4 Å². The summed E-state index contributed by atoms with van der Waals surface area (Å²) in [6.45, 7) is 5.81. The number of nitrogens with zero attached hydrogens (tertiary/aromatic N) is 3. The predicted octanol–water partition coefficient (Wildman–Crippen LogP) is 3.12. The third-order valence-electron chi connectivity index (χ3n) is 5.31. The number of rotatable bonds is 6. The molecule has 1 saturated heterocycles. The summed E-state index contributed by atoms with van der Waals surface area (Å²) in [5.41, 5.74) is -0.546. The number of aryl methyl sites for hydroxylation is 2. The van der Waals surface area contributed by atoms with Crippen molar-refractivity contribution in [2.45, 2.75) is 32.5 Å². The first kappa shape index (κ1) is 22.4. The molecule has 0 amide bonds. The number of alkyl halides is 3. The molecule has 2 aromatic rings. The molecule has 1 aliphatic rings. The fourth-order valence-corrected chi connectivity index (χ4v) is 3.78. The molecule has 164 valence electrons. The van der Waals surface area contributed by atoms with Crippen LogP contribution in [0.25, 0.3) is 0 Å². The van der Waals surface area contributed by atoms with Crippen molar-refractivity contribution in [2.24, 2.45) is 0 Å². The van der Waals surface area contributed by atoms with Crippen molar-refractivity contribution in [3.05, 3.63) is 61.4 Å². The van der Waals surface area contributed by atoms with Gasteiger partial charge in [0, 0.05) is 50.2 Å². The minimum Gasteiger partial charge on any atom is -0.369 e. The molecule has 2 heterocycles. The van der Waals surface area contributed by atoms with Gasteiger partial charge >= 0.3 is 11.9 Å². The maximum absolute atomic E-state index is 13.1. The van der Waals surface area contributed by atoms with Crippen LogP contribution in [0.5, 0.6) is 0 Å². The lowest BCUT2D eigenvalue weighted by Gasteiger charge is -2.36. The minimum absolute atomic E-state index is 0.290. The van der Waals surface area contributed by atoms with Crippen molar-refractivity contribution in [3.8, 4) is 0 Å². The van der Waals surface area contributed by atoms with Gasteiger partial charge in [-0.2, -0.15) is 13.2 Å². The molecule has 30 heavy (non-hydrogen) atoms. The van der Waals surface area contributed by atoms with Crippen LogP contribution in [-0.2, 0) is 12.7 Å². The molecule has 0 saturated carbocycles. The number of aromatic nitrogens is 2. The summed E-state index contributed by atoms with van der Waals surface area (Å²) in [6, 6.07) is 4.03. The minimum atomic E-state index is -4.47. The topological polar surface area (TPSA) is 61.3 Å². The van der Waals surface area contributed by atoms with Crippen LogP contribution in [0.1, 0.15) is 24.0 Å². The van der Waals surface area contributed by atoms with Gasteiger partial charge in [0.15, 0.2) is 0 Å². The number of nitrogens with one attached hydrogen (secondary N) is 1. The van der Waals surface area contributed by atoms with Gasteiger partial charge in [-0.25, -0.2) is 4.79 Å². The highest BCUT2D eigenvalue weighted by Crippen LogP contribution is 2.37. The van der Waals surface area contributed by atoms with Crippen molar-refractivity contribution in [1.82, 2.24) is 14.5 Å². The summed E-state index contributed by atoms with van der Waals surface area (Å²) in [5, 5.41) is -0.290. The van der Waals surface area contributed by atoms with E-state index in [-0.39, 0.29) is 10.6 Å². The second kappa shape index (κ2) is 9.26. The van der Waals surface area contributed by atoms with Crippen molar-refractivity contribution in [1.29, 1.82) is 0 Å². The summed E-state index contributed by atoms with van der Waals surface area (Å²) in [6.07, 6.45) is -1.23. The zero-order valence-corrected chi connectivity index (χ0v) is 17.4. The zero-order chi connectivity index (χ0) is 21.9. The van der Waals surface area contributed by atoms with Gasteiger partial charge in [-0.15, -0.1) is 0 Å². The Balaban J connectivity index is 1.47. The number of aromatic amines is 1. The zero-order valence-electron chi connectivity index (χ0n) is 16.6. The quantitative estimate of drug-likeness (QED) is 0.695. The van der Waals surface area contributed by atoms with Crippen molar-refractivity contribution >= 4 is 17.3 Å². The van der Waals surface area contributed by atoms with Gasteiger partial charge in [0.25, 0.3) is 5.56 Å². The first-order chi connectivity index (χ1) is 14.1. The molecule has 1 fully saturated rings. The van der Waals surface area contributed by atoms with Crippen LogP contribution in [0.4, 0.5) is 18.9 Å². The molecule has 1 N–H and O–H groups in total. The standard InChI is InChI=1S/C20H24ClF3N4O2/c1-14-13-28(19(30)25-18(14)29)7-3-2-6-26-8-10-27(11-9-26)15-4-5-17(21)16(12-15)20(22,23)24/h4-5,12-13H,2-3,6-11H2,1H3,(H,25,29,30). The Bertz CT molecular complexity index is 995. The molecule has 0 unspecified atom stereocenters. The second-order valence-corrected chi connectivity index (χ2v) is 7.87. The van der Waals surface area contributed by atoms with E-state index in [9.17, 15) is 22.8 Å². The molecule has 0 spiro atoms. The lowest BCUT2D eigenvalue weighted by atomic mass is 10.1. The largest absolute Gasteiger partial charge is 0.417 e. The summed E-state index contributed by atoms with van der Waals surface area (Å²) < 4.78 is 40.7. The number of piperazine rings is 1. The molecule has 1 aromatic carbocycles. The normalized spacial score (nSPS) is 15.6. The van der Waals surface area contributed by atoms with Gasteiger partial charge in [0.05, 0.1) is 10.6 Å². The van der Waals surface area contributed by atoms with Crippen LogP contribution >= 0.6 is 11.6 Å². The molecule has 6 nitrogen and oxygen atoms in total. The molecule has 0 atom stereocenters. The Labute approximate surface area is 176 Å². The van der Waals surface area contributed by atoms with E-state index in [1.54, 1.807) is 19.2 Å². The van der Waals surface area contributed by atoms with Gasteiger partial charge in [-0.3, -0.25) is 14.7 Å². The summed E-state index contributed by atoms with van der Waals surface area (Å²) in [4.78, 5) is 29.7. The molecule has 0 aliphatic carbocycles. The van der Waals surface area contributed by atoms with Crippen LogP contribution in [0.2, 0.25) is 5.02 Å². The Morgan fingerprint density at radius 1 is 1.07 bits per heavy atom. The van der Waals surface area contributed by atoms with Gasteiger partial charge in [0.2, 0.25) is 0 Å². The number of halogens is 4. The molecular formula is C20H24ClF3N4O2. The van der Waals surface area contributed by atoms with E-state index in [0.717, 1.165) is 38.5 Å². The highest BCUT2D eigenvalue weighted by molar-refractivity contribution is 6.31. The van der Waals surface area contributed by atoms with Crippen molar-refractivity contribution in [3.63, 3.8) is 0 Å². The van der Waals surface area contributed by atoms with Crippen LogP contribution in [0, 0.1) is 6.92 Å². The number of unbranched alkanes of at least 4 members (excludes halogenated alkanes) is 1. The fourth-order valence-electron chi connectivity index (χ4n) is 3.56. The summed E-state index contributed by atoms with van der Waals surface area (Å²) >= 11 is 5.70. The Morgan fingerprint density at radius 2 is 1.73 bits per heavy atom. The smallest absolute Gasteiger partial charge is 0.369 e. The van der Waals surface area contributed by atoms with Gasteiger partial charge in [-0.1, -0.05) is 11.6 Å². The van der Waals surface area contributed by atoms with E-state index in [4.69, 9.17) is 11.6 Å². The number of hydrogen-bond donors (Lipinski definition) is 1. The summed E-state index contributed by atoms with van der Waals surface area (Å²) in [7, 11) is 0. The monoisotopic (exact) mass is 444 g/mol. The number of benzene rings is 1. The van der Waals surface area contributed by atoms with E-state index >= 15 is 0 Å². The van der Waals surface area contributed by atoms with Crippen LogP contribution in [-0.4, -0.2) is 47.2 Å². The Hall–Kier alpha value is -2.26. The average Bonchev–Trinajstić information content (AvgIpc) is 2.69. The van der Waals surface area contributed by atoms with Gasteiger partial charge in [-0.05, 0) is 44.5 Å². The molecule has 3 rings (SSSR count). The summed E-state index contributed by atoms with van der Waals surface area (Å²) in [5.74, 6) is 0. The Kier molecular flexibility index (Phi) is 6.92. The molecule has 10 heteroatoms. The number of hydrogen-bond acceptors (Lipinski definition) is 4. The molecule has 0 radical (unpaired) electrons. The maximum Gasteiger partial charge on any atom is 0.417 e. The van der Waals surface area contributed by atoms with Crippen molar-refractivity contribution in [2.75, 3.05) is 37.6 Å². The highest BCUT2D eigenvalue weighted by Gasteiger charge is 2.34. The fraction of sp³-hybridized carbons (Fsp3) is 0.500. The molecule has 1 aliphatic heterocycles. The third-order valence-corrected chi connectivity index (χ3v) is 5.63. The molecule has 1 aromatic heterocycles. The van der Waals surface area contributed by atoms with E-state index in [1.807, 2.05) is 4.90 Å². The number of H-pyrrole nitrogens is 1. The molecular weight excluding hydrogens is 421 g/mol. The lowest BCUT2D eigenvalue weighted by Crippen LogP contribution is -2.46. The average molecular weight is 445 g/mol. The SMILES string of the molecule is Cc1cn(CCCCN2CCN(c3ccc(Cl)c(C(F)(F)F)c3)CC2)c(=O)[nH]c1=O. The van der Waals surface area contributed by atoms with Crippen molar-refractivity contribution < 1.29 is 13.2 Å². The van der Waals surface area contributed by atoms with E-state index in [1.165, 1.54) is 10.6 Å².